The van der Waals surface area contributed by atoms with Gasteiger partial charge in [-0.3, -0.25) is 4.90 Å². The van der Waals surface area contributed by atoms with E-state index in [0.717, 1.165) is 5.82 Å². The van der Waals surface area contributed by atoms with Crippen LogP contribution in [0.4, 0.5) is 0 Å². The maximum atomic E-state index is 4.51. The van der Waals surface area contributed by atoms with Crippen molar-refractivity contribution in [1.29, 1.82) is 0 Å². The van der Waals surface area contributed by atoms with Gasteiger partial charge in [-0.15, -0.1) is 0 Å². The summed E-state index contributed by atoms with van der Waals surface area (Å²) in [6, 6.07) is 9.90. The average Bonchev–Trinajstić information content (AvgIpc) is 3.18. The van der Waals surface area contributed by atoms with Crippen LogP contribution in [0.25, 0.3) is 11.4 Å². The van der Waals surface area contributed by atoms with Gasteiger partial charge in [-0.25, -0.2) is 4.98 Å². The molecule has 0 aliphatic carbocycles. The van der Waals surface area contributed by atoms with Gasteiger partial charge in [0, 0.05) is 30.0 Å². The number of likely N-dealkylation sites (tertiary alicyclic amines) is 1. The molecule has 2 aromatic rings. The van der Waals surface area contributed by atoms with Crippen molar-refractivity contribution in [2.24, 2.45) is 0 Å². The van der Waals surface area contributed by atoms with Crippen molar-refractivity contribution < 1.29 is 0 Å². The van der Waals surface area contributed by atoms with Gasteiger partial charge in [0.05, 0.1) is 0 Å². The molecule has 21 heavy (non-hydrogen) atoms. The molecule has 0 bridgehead atoms. The third kappa shape index (κ3) is 2.88. The predicted octanol–water partition coefficient (Wildman–Crippen LogP) is 4.29. The first-order valence-electron chi connectivity index (χ1n) is 8.04. The first kappa shape index (κ1) is 14.3. The maximum absolute atomic E-state index is 4.51. The van der Waals surface area contributed by atoms with Crippen molar-refractivity contribution in [2.45, 2.75) is 45.7 Å². The Morgan fingerprint density at radius 1 is 1.00 bits per heavy atom. The van der Waals surface area contributed by atoms with Gasteiger partial charge in [0.2, 0.25) is 0 Å². The zero-order valence-electron chi connectivity index (χ0n) is 13.3. The minimum absolute atomic E-state index is 0.436. The number of hydrogen-bond acceptors (Lipinski definition) is 2. The lowest BCUT2D eigenvalue weighted by Crippen LogP contribution is -2.23. The molecule has 1 atom stereocenters. The van der Waals surface area contributed by atoms with E-state index in [1.54, 1.807) is 0 Å². The predicted molar refractivity (Wildman–Crippen MR) is 87.3 cm³/mol. The zero-order valence-corrected chi connectivity index (χ0v) is 13.3. The summed E-state index contributed by atoms with van der Waals surface area (Å²) < 4.78 is 2.22. The molecular formula is C18H25N3. The molecule has 0 saturated carbocycles. The van der Waals surface area contributed by atoms with Crippen LogP contribution >= 0.6 is 0 Å². The van der Waals surface area contributed by atoms with E-state index in [9.17, 15) is 0 Å². The fraction of sp³-hybridized carbons (Fsp3) is 0.500. The maximum Gasteiger partial charge on any atom is 0.140 e. The van der Waals surface area contributed by atoms with Crippen molar-refractivity contribution in [3.05, 3.63) is 42.2 Å². The van der Waals surface area contributed by atoms with E-state index in [1.165, 1.54) is 37.1 Å². The molecule has 3 nitrogen and oxygen atoms in total. The minimum atomic E-state index is 0.436. The summed E-state index contributed by atoms with van der Waals surface area (Å²) in [5.74, 6) is 1.06. The van der Waals surface area contributed by atoms with Gasteiger partial charge in [-0.05, 0) is 52.3 Å². The molecule has 3 rings (SSSR count). The van der Waals surface area contributed by atoms with Crippen LogP contribution in [0.1, 0.15) is 51.3 Å². The van der Waals surface area contributed by atoms with Crippen LogP contribution in [0.2, 0.25) is 0 Å². The summed E-state index contributed by atoms with van der Waals surface area (Å²) in [4.78, 5) is 7.09. The highest BCUT2D eigenvalue weighted by Gasteiger charge is 2.19. The Labute approximate surface area is 127 Å². The highest BCUT2D eigenvalue weighted by molar-refractivity contribution is 5.56. The lowest BCUT2D eigenvalue weighted by Gasteiger charge is -2.24. The van der Waals surface area contributed by atoms with Crippen LogP contribution in [0.3, 0.4) is 0 Å². The van der Waals surface area contributed by atoms with Gasteiger partial charge in [-0.1, -0.05) is 24.3 Å². The molecule has 1 fully saturated rings. The second-order valence-electron chi connectivity index (χ2n) is 6.29. The van der Waals surface area contributed by atoms with Crippen LogP contribution in [-0.4, -0.2) is 27.5 Å². The van der Waals surface area contributed by atoms with Crippen LogP contribution < -0.4 is 0 Å². The average molecular weight is 283 g/mol. The number of nitrogens with zero attached hydrogens (tertiary/aromatic N) is 3. The van der Waals surface area contributed by atoms with Gasteiger partial charge in [0.15, 0.2) is 0 Å². The molecule has 1 saturated heterocycles. The monoisotopic (exact) mass is 283 g/mol. The first-order valence-corrected chi connectivity index (χ1v) is 8.04. The number of imidazole rings is 1. The molecule has 0 amide bonds. The second kappa shape index (κ2) is 6.02. The smallest absolute Gasteiger partial charge is 0.140 e. The van der Waals surface area contributed by atoms with E-state index in [-0.39, 0.29) is 0 Å². The Morgan fingerprint density at radius 2 is 1.67 bits per heavy atom. The largest absolute Gasteiger partial charge is 0.328 e. The van der Waals surface area contributed by atoms with Gasteiger partial charge in [0.1, 0.15) is 5.82 Å². The summed E-state index contributed by atoms with van der Waals surface area (Å²) in [7, 11) is 0. The Balaban J connectivity index is 1.82. The van der Waals surface area contributed by atoms with E-state index < -0.39 is 0 Å². The summed E-state index contributed by atoms with van der Waals surface area (Å²) in [6.45, 7) is 9.17. The van der Waals surface area contributed by atoms with E-state index in [4.69, 9.17) is 0 Å². The molecule has 1 aromatic heterocycles. The third-order valence-corrected chi connectivity index (χ3v) is 4.56. The molecule has 0 unspecified atom stereocenters. The summed E-state index contributed by atoms with van der Waals surface area (Å²) >= 11 is 0. The topological polar surface area (TPSA) is 21.1 Å². The Morgan fingerprint density at radius 3 is 2.29 bits per heavy atom. The lowest BCUT2D eigenvalue weighted by molar-refractivity contribution is 0.263. The fourth-order valence-electron chi connectivity index (χ4n) is 3.20. The number of rotatable bonds is 4. The van der Waals surface area contributed by atoms with Crippen LogP contribution in [0.5, 0.6) is 0 Å². The minimum Gasteiger partial charge on any atom is -0.328 e. The molecule has 1 aliphatic rings. The van der Waals surface area contributed by atoms with Crippen LogP contribution in [0, 0.1) is 0 Å². The molecule has 3 heteroatoms. The number of benzene rings is 1. The molecule has 0 N–H and O–H groups in total. The van der Waals surface area contributed by atoms with E-state index in [1.807, 2.05) is 6.20 Å². The Bertz CT molecular complexity index is 577. The molecule has 0 radical (unpaired) electrons. The van der Waals surface area contributed by atoms with Crippen molar-refractivity contribution in [2.75, 3.05) is 13.1 Å². The molecule has 112 valence electrons. The van der Waals surface area contributed by atoms with Crippen molar-refractivity contribution >= 4 is 0 Å². The summed E-state index contributed by atoms with van der Waals surface area (Å²) in [5, 5.41) is 0. The zero-order chi connectivity index (χ0) is 14.8. The highest BCUT2D eigenvalue weighted by atomic mass is 15.2. The standard InChI is InChI=1S/C18H25N3/c1-14(2)21-13-10-19-18(21)17-8-6-16(7-9-17)15(3)20-11-4-5-12-20/h6-10,13-15H,4-5,11-12H2,1-3H3/t15-/m1/s1. The van der Waals surface area contributed by atoms with Gasteiger partial charge in [0.25, 0.3) is 0 Å². The first-order chi connectivity index (χ1) is 10.2. The van der Waals surface area contributed by atoms with Crippen LogP contribution in [0.15, 0.2) is 36.7 Å². The lowest BCUT2D eigenvalue weighted by atomic mass is 10.0. The summed E-state index contributed by atoms with van der Waals surface area (Å²) in [5.41, 5.74) is 2.61. The van der Waals surface area contributed by atoms with Crippen LogP contribution in [-0.2, 0) is 0 Å². The highest BCUT2D eigenvalue weighted by Crippen LogP contribution is 2.27. The molecule has 0 spiro atoms. The van der Waals surface area contributed by atoms with E-state index >= 15 is 0 Å². The van der Waals surface area contributed by atoms with E-state index in [0.29, 0.717) is 12.1 Å². The van der Waals surface area contributed by atoms with Crippen molar-refractivity contribution in [1.82, 2.24) is 14.5 Å². The summed E-state index contributed by atoms with van der Waals surface area (Å²) in [6.07, 6.45) is 6.62. The quantitative estimate of drug-likeness (QED) is 0.834. The van der Waals surface area contributed by atoms with Crippen molar-refractivity contribution in [3.8, 4) is 11.4 Å². The molecule has 2 heterocycles. The Hall–Kier alpha value is -1.61. The third-order valence-electron chi connectivity index (χ3n) is 4.56. The van der Waals surface area contributed by atoms with Gasteiger partial charge < -0.3 is 4.57 Å². The fourth-order valence-corrected chi connectivity index (χ4v) is 3.20. The SMILES string of the molecule is CC(C)n1ccnc1-c1ccc([C@@H](C)N2CCCC2)cc1. The van der Waals surface area contributed by atoms with Gasteiger partial charge in [-0.2, -0.15) is 0 Å². The molecule has 1 aliphatic heterocycles. The van der Waals surface area contributed by atoms with Gasteiger partial charge >= 0.3 is 0 Å². The van der Waals surface area contributed by atoms with E-state index in [2.05, 4.69) is 65.7 Å². The number of hydrogen-bond donors (Lipinski definition) is 0. The molecule has 1 aromatic carbocycles. The van der Waals surface area contributed by atoms with Crippen molar-refractivity contribution in [3.63, 3.8) is 0 Å². The molecular weight excluding hydrogens is 258 g/mol. The Kier molecular flexibility index (Phi) is 4.11. The normalized spacial score (nSPS) is 17.5. The number of aromatic nitrogens is 2. The second-order valence-corrected chi connectivity index (χ2v) is 6.29.